The highest BCUT2D eigenvalue weighted by molar-refractivity contribution is 8.03. The summed E-state index contributed by atoms with van der Waals surface area (Å²) in [7, 11) is 0. The second-order valence-corrected chi connectivity index (χ2v) is 14.6. The highest BCUT2D eigenvalue weighted by Gasteiger charge is 2.54. The van der Waals surface area contributed by atoms with Gasteiger partial charge in [-0.15, -0.1) is 18.3 Å². The van der Waals surface area contributed by atoms with Gasteiger partial charge in [0, 0.05) is 17.4 Å². The minimum absolute atomic E-state index is 0.294. The Morgan fingerprint density at radius 3 is 2.33 bits per heavy atom. The van der Waals surface area contributed by atoms with Crippen molar-refractivity contribution in [2.45, 2.75) is 119 Å². The Labute approximate surface area is 228 Å². The summed E-state index contributed by atoms with van der Waals surface area (Å²) in [5.74, 6) is 5.35. The smallest absolute Gasteiger partial charge is 0.0131 e. The molecule has 7 unspecified atom stereocenters. The fourth-order valence-electron chi connectivity index (χ4n) is 8.10. The molecule has 0 radical (unpaired) electrons. The van der Waals surface area contributed by atoms with Gasteiger partial charge in [-0.1, -0.05) is 76.0 Å². The molecule has 204 valence electrons. The Bertz CT molecular complexity index is 847. The Kier molecular flexibility index (Phi) is 10.7. The molecule has 0 aliphatic heterocycles. The minimum atomic E-state index is 0.294. The zero-order valence-electron chi connectivity index (χ0n) is 24.8. The van der Waals surface area contributed by atoms with Crippen LogP contribution in [0.3, 0.4) is 0 Å². The van der Waals surface area contributed by atoms with E-state index in [9.17, 15) is 0 Å². The zero-order chi connectivity index (χ0) is 26.6. The van der Waals surface area contributed by atoms with E-state index in [0.717, 1.165) is 49.2 Å². The lowest BCUT2D eigenvalue weighted by Crippen LogP contribution is -2.36. The molecule has 0 aromatic carbocycles. The largest absolute Gasteiger partial charge is 0.328 e. The molecule has 0 bridgehead atoms. The summed E-state index contributed by atoms with van der Waals surface area (Å²) in [6, 6.07) is 0.351. The van der Waals surface area contributed by atoms with Crippen LogP contribution in [0.15, 0.2) is 46.4 Å². The maximum Gasteiger partial charge on any atom is 0.0131 e. The molecule has 0 spiro atoms. The minimum Gasteiger partial charge on any atom is -0.328 e. The van der Waals surface area contributed by atoms with Crippen molar-refractivity contribution in [1.82, 2.24) is 0 Å². The molecule has 2 N–H and O–H groups in total. The maximum absolute atomic E-state index is 6.76. The quantitative estimate of drug-likeness (QED) is 0.295. The molecule has 3 rings (SSSR count). The highest BCUT2D eigenvalue weighted by atomic mass is 32.2. The first-order chi connectivity index (χ1) is 17.0. The average molecular weight is 512 g/mol. The third kappa shape index (κ3) is 7.02. The number of fused-ring (bicyclic) bond motifs is 2. The predicted molar refractivity (Wildman–Crippen MR) is 163 cm³/mol. The summed E-state index contributed by atoms with van der Waals surface area (Å²) in [5.41, 5.74) is 13.4. The molecule has 1 saturated carbocycles. The van der Waals surface area contributed by atoms with Gasteiger partial charge in [0.2, 0.25) is 0 Å². The van der Waals surface area contributed by atoms with Crippen LogP contribution in [0.25, 0.3) is 0 Å². The van der Waals surface area contributed by atoms with E-state index in [1.807, 2.05) is 11.8 Å². The van der Waals surface area contributed by atoms with Crippen molar-refractivity contribution < 1.29 is 0 Å². The molecule has 0 heterocycles. The van der Waals surface area contributed by atoms with Crippen molar-refractivity contribution in [2.24, 2.45) is 46.7 Å². The summed E-state index contributed by atoms with van der Waals surface area (Å²) in [5, 5.41) is 0. The first-order valence-electron chi connectivity index (χ1n) is 15.1. The van der Waals surface area contributed by atoms with Crippen molar-refractivity contribution in [1.29, 1.82) is 0 Å². The van der Waals surface area contributed by atoms with Crippen LogP contribution >= 0.6 is 11.8 Å². The molecule has 1 fully saturated rings. The summed E-state index contributed by atoms with van der Waals surface area (Å²) in [4.78, 5) is 1.36. The molecule has 0 amide bonds. The van der Waals surface area contributed by atoms with E-state index in [-0.39, 0.29) is 0 Å². The van der Waals surface area contributed by atoms with Crippen LogP contribution in [0, 0.1) is 40.9 Å². The van der Waals surface area contributed by atoms with E-state index in [1.165, 1.54) is 49.0 Å². The fourth-order valence-corrected chi connectivity index (χ4v) is 8.79. The van der Waals surface area contributed by atoms with Crippen molar-refractivity contribution in [3.05, 3.63) is 46.4 Å². The van der Waals surface area contributed by atoms with Gasteiger partial charge < -0.3 is 5.73 Å². The third-order valence-electron chi connectivity index (χ3n) is 9.78. The van der Waals surface area contributed by atoms with Crippen LogP contribution in [0.2, 0.25) is 0 Å². The molecule has 3 aliphatic rings. The monoisotopic (exact) mass is 511 g/mol. The van der Waals surface area contributed by atoms with E-state index in [2.05, 4.69) is 67.7 Å². The van der Waals surface area contributed by atoms with Gasteiger partial charge in [-0.2, -0.15) is 0 Å². The normalized spacial score (nSPS) is 35.8. The Morgan fingerprint density at radius 1 is 1.11 bits per heavy atom. The van der Waals surface area contributed by atoms with Gasteiger partial charge in [0.1, 0.15) is 0 Å². The molecule has 0 aromatic rings. The van der Waals surface area contributed by atoms with Crippen LogP contribution in [0.1, 0.15) is 113 Å². The second-order valence-electron chi connectivity index (χ2n) is 13.2. The van der Waals surface area contributed by atoms with Crippen molar-refractivity contribution in [2.75, 3.05) is 5.75 Å². The fraction of sp³-hybridized carbons (Fsp3) is 0.765. The SMILES string of the molecule is C=C(C)CC(C)CC12C=C1C(CC(=C)SCC)/C(C(C)C)=C(\C)CCC(N)CC1CCC1CC2CC. The topological polar surface area (TPSA) is 26.0 Å². The summed E-state index contributed by atoms with van der Waals surface area (Å²) in [6.45, 7) is 25.5. The molecule has 7 atom stereocenters. The van der Waals surface area contributed by atoms with Crippen LogP contribution < -0.4 is 5.73 Å². The molecule has 3 aliphatic carbocycles. The molecule has 1 nitrogen and oxygen atoms in total. The molecule has 0 saturated heterocycles. The van der Waals surface area contributed by atoms with Gasteiger partial charge in [-0.3, -0.25) is 0 Å². The van der Waals surface area contributed by atoms with Crippen LogP contribution in [-0.2, 0) is 0 Å². The van der Waals surface area contributed by atoms with Crippen molar-refractivity contribution in [3.8, 4) is 0 Å². The van der Waals surface area contributed by atoms with Crippen LogP contribution in [0.4, 0.5) is 0 Å². The zero-order valence-corrected chi connectivity index (χ0v) is 25.6. The Balaban J connectivity index is 2.05. The summed E-state index contributed by atoms with van der Waals surface area (Å²) < 4.78 is 0. The van der Waals surface area contributed by atoms with Gasteiger partial charge in [0.25, 0.3) is 0 Å². The number of hydrogen-bond acceptors (Lipinski definition) is 2. The number of thioether (sulfide) groups is 1. The lowest BCUT2D eigenvalue weighted by Gasteiger charge is -2.43. The van der Waals surface area contributed by atoms with Crippen LogP contribution in [0.5, 0.6) is 0 Å². The number of hydrogen-bond donors (Lipinski definition) is 1. The van der Waals surface area contributed by atoms with Crippen molar-refractivity contribution >= 4 is 11.8 Å². The maximum atomic E-state index is 6.76. The van der Waals surface area contributed by atoms with E-state index >= 15 is 0 Å². The number of nitrogens with two attached hydrogens (primary N) is 1. The first-order valence-corrected chi connectivity index (χ1v) is 16.1. The summed E-state index contributed by atoms with van der Waals surface area (Å²) >= 11 is 1.95. The van der Waals surface area contributed by atoms with E-state index in [4.69, 9.17) is 5.73 Å². The lowest BCUT2D eigenvalue weighted by molar-refractivity contribution is 0.0956. The van der Waals surface area contributed by atoms with Gasteiger partial charge in [0.15, 0.2) is 0 Å². The summed E-state index contributed by atoms with van der Waals surface area (Å²) in [6.07, 6.45) is 15.3. The predicted octanol–water partition coefficient (Wildman–Crippen LogP) is 10.1. The van der Waals surface area contributed by atoms with Crippen molar-refractivity contribution in [3.63, 3.8) is 0 Å². The van der Waals surface area contributed by atoms with Gasteiger partial charge in [-0.25, -0.2) is 0 Å². The number of rotatable bonds is 10. The lowest BCUT2D eigenvalue weighted by atomic mass is 9.62. The molecule has 0 aromatic heterocycles. The van der Waals surface area contributed by atoms with E-state index in [0.29, 0.717) is 29.2 Å². The standard InChI is InChI=1S/C34H57NS/c1-10-29-18-27-13-14-28(27)19-30(35)15-12-25(8)33(23(5)6)31(17-26(9)36-11-2)32-21-34(29,32)20-24(7)16-22(3)4/h21,23-24,27-31H,3,9-20,35H2,1-2,4-8H3/b33-25+. The number of allylic oxidation sites excluding steroid dienone is 6. The molecular weight excluding hydrogens is 454 g/mol. The third-order valence-corrected chi connectivity index (χ3v) is 10.6. The van der Waals surface area contributed by atoms with Gasteiger partial charge in [-0.05, 0) is 112 Å². The molecule has 2 heteroatoms. The van der Waals surface area contributed by atoms with E-state index in [1.54, 1.807) is 16.7 Å². The van der Waals surface area contributed by atoms with E-state index < -0.39 is 0 Å². The Hall–Kier alpha value is -0.730. The first kappa shape index (κ1) is 29.8. The average Bonchev–Trinajstić information content (AvgIpc) is 3.48. The molecular formula is C34H57NS. The van der Waals surface area contributed by atoms with Gasteiger partial charge >= 0.3 is 0 Å². The second kappa shape index (κ2) is 12.9. The van der Waals surface area contributed by atoms with Gasteiger partial charge in [0.05, 0.1) is 0 Å². The Morgan fingerprint density at radius 2 is 1.78 bits per heavy atom. The molecule has 36 heavy (non-hydrogen) atoms. The highest BCUT2D eigenvalue weighted by Crippen LogP contribution is 2.64. The van der Waals surface area contributed by atoms with Crippen LogP contribution in [-0.4, -0.2) is 11.8 Å².